The Morgan fingerprint density at radius 1 is 1.17 bits per heavy atom. The molecular weight excluding hydrogens is 110 g/mol. The maximum absolute atomic E-state index is 3.11. The summed E-state index contributed by atoms with van der Waals surface area (Å²) >= 11 is 0. The zero-order valence-corrected chi connectivity index (χ0v) is 5.98. The van der Waals surface area contributed by atoms with Crippen LogP contribution in [-0.4, -0.2) is 13.1 Å². The summed E-state index contributed by atoms with van der Waals surface area (Å²) in [5.74, 6) is 0. The van der Waals surface area contributed by atoms with E-state index in [1.54, 1.807) is 0 Å². The van der Waals surface area contributed by atoms with Crippen molar-refractivity contribution in [2.45, 2.75) is 13.8 Å². The van der Waals surface area contributed by atoms with Crippen molar-refractivity contribution in [2.24, 2.45) is 0 Å². The van der Waals surface area contributed by atoms with E-state index in [4.69, 9.17) is 0 Å². The van der Waals surface area contributed by atoms with Crippen molar-refractivity contribution in [3.8, 4) is 0 Å². The van der Waals surface area contributed by atoms with Crippen LogP contribution in [0.15, 0.2) is 0 Å². The molecule has 0 spiro atoms. The normalized spacial score (nSPS) is 7.00. The molecule has 0 unspecified atom stereocenters. The van der Waals surface area contributed by atoms with E-state index in [0.29, 0.717) is 0 Å². The average Bonchev–Trinajstić information content (AvgIpc) is 1.41. The second kappa shape index (κ2) is 9.18. The topological polar surface area (TPSA) is 12.0 Å². The van der Waals surface area contributed by atoms with Crippen LogP contribution in [0.25, 0.3) is 0 Å². The van der Waals surface area contributed by atoms with Gasteiger partial charge in [0.05, 0.1) is 0 Å². The van der Waals surface area contributed by atoms with E-state index in [0.717, 1.165) is 13.1 Å². The van der Waals surface area contributed by atoms with Gasteiger partial charge in [-0.2, -0.15) is 0 Å². The van der Waals surface area contributed by atoms with Gasteiger partial charge in [-0.1, -0.05) is 13.8 Å². The molecule has 0 amide bonds. The number of hydrogen-bond acceptors (Lipinski definition) is 1. The summed E-state index contributed by atoms with van der Waals surface area (Å²) in [5.41, 5.74) is 0. The van der Waals surface area contributed by atoms with Gasteiger partial charge in [-0.15, -0.1) is 0 Å². The molecule has 0 aromatic heterocycles. The van der Waals surface area contributed by atoms with E-state index < -0.39 is 0 Å². The van der Waals surface area contributed by atoms with E-state index in [2.05, 4.69) is 19.2 Å². The van der Waals surface area contributed by atoms with Crippen LogP contribution in [0.1, 0.15) is 13.8 Å². The van der Waals surface area contributed by atoms with E-state index in [1.807, 2.05) is 0 Å². The largest absolute Gasteiger partial charge is 4.00 e. The van der Waals surface area contributed by atoms with Gasteiger partial charge in [0.25, 0.3) is 0 Å². The summed E-state index contributed by atoms with van der Waals surface area (Å²) in [6.07, 6.45) is 0. The van der Waals surface area contributed by atoms with Crippen molar-refractivity contribution in [3.63, 3.8) is 0 Å². The number of hydrogen-bond donors (Lipinski definition) is 1. The Labute approximate surface area is 54.4 Å². The molecule has 0 aromatic carbocycles. The molecule has 0 bridgehead atoms. The second-order valence-electron chi connectivity index (χ2n) is 0.957. The second-order valence-corrected chi connectivity index (χ2v) is 0.957. The molecule has 0 atom stereocenters. The van der Waals surface area contributed by atoms with Crippen molar-refractivity contribution in [1.29, 1.82) is 0 Å². The summed E-state index contributed by atoms with van der Waals surface area (Å²) in [4.78, 5) is 0. The standard InChI is InChI=1S/C4H11N.Ti/c1-3-5-4-2;/h5H,3-4H2,1-2H3;/q;+4. The van der Waals surface area contributed by atoms with E-state index in [-0.39, 0.29) is 21.7 Å². The van der Waals surface area contributed by atoms with Crippen molar-refractivity contribution < 1.29 is 21.7 Å². The molecule has 0 aliphatic rings. The Hall–Kier alpha value is 0.674. The molecule has 0 rings (SSSR count). The van der Waals surface area contributed by atoms with Crippen LogP contribution in [0.5, 0.6) is 0 Å². The van der Waals surface area contributed by atoms with Gasteiger partial charge in [-0.25, -0.2) is 0 Å². The predicted molar refractivity (Wildman–Crippen MR) is 24.2 cm³/mol. The smallest absolute Gasteiger partial charge is 0.317 e. The summed E-state index contributed by atoms with van der Waals surface area (Å²) in [6, 6.07) is 0. The zero-order chi connectivity index (χ0) is 4.12. The molecule has 0 aliphatic carbocycles. The third-order valence-electron chi connectivity index (χ3n) is 0.500. The third kappa shape index (κ3) is 8.82. The molecule has 0 heterocycles. The molecule has 0 saturated heterocycles. The first-order valence-electron chi connectivity index (χ1n) is 2.12. The van der Waals surface area contributed by atoms with E-state index in [1.165, 1.54) is 0 Å². The number of nitrogens with one attached hydrogen (secondary N) is 1. The quantitative estimate of drug-likeness (QED) is 0.528. The molecule has 0 fully saturated rings. The van der Waals surface area contributed by atoms with Crippen molar-refractivity contribution in [3.05, 3.63) is 0 Å². The fourth-order valence-electron chi connectivity index (χ4n) is 0.250. The van der Waals surface area contributed by atoms with Gasteiger partial charge in [-0.05, 0) is 13.1 Å². The van der Waals surface area contributed by atoms with Crippen LogP contribution in [0.3, 0.4) is 0 Å². The average molecular weight is 121 g/mol. The minimum absolute atomic E-state index is 0. The van der Waals surface area contributed by atoms with Gasteiger partial charge in [0.2, 0.25) is 0 Å². The summed E-state index contributed by atoms with van der Waals surface area (Å²) in [5, 5.41) is 3.11. The molecule has 6 heavy (non-hydrogen) atoms. The molecule has 1 N–H and O–H groups in total. The van der Waals surface area contributed by atoms with Crippen LogP contribution in [0, 0.1) is 0 Å². The first kappa shape index (κ1) is 9.84. The molecule has 0 saturated carbocycles. The van der Waals surface area contributed by atoms with Crippen molar-refractivity contribution in [1.82, 2.24) is 5.32 Å². The predicted octanol–water partition coefficient (Wildman–Crippen LogP) is 0.613. The van der Waals surface area contributed by atoms with Gasteiger partial charge in [0.1, 0.15) is 0 Å². The van der Waals surface area contributed by atoms with Gasteiger partial charge < -0.3 is 5.32 Å². The molecular formula is C4H11NTi+4. The molecule has 0 aliphatic heterocycles. The van der Waals surface area contributed by atoms with Crippen LogP contribution in [0.4, 0.5) is 0 Å². The Morgan fingerprint density at radius 2 is 1.50 bits per heavy atom. The van der Waals surface area contributed by atoms with Crippen LogP contribution < -0.4 is 5.32 Å². The van der Waals surface area contributed by atoms with Crippen LogP contribution in [-0.2, 0) is 21.7 Å². The Kier molecular flexibility index (Phi) is 15.1. The summed E-state index contributed by atoms with van der Waals surface area (Å²) in [7, 11) is 0. The van der Waals surface area contributed by atoms with Gasteiger partial charge >= 0.3 is 21.7 Å². The Morgan fingerprint density at radius 3 is 1.50 bits per heavy atom. The minimum Gasteiger partial charge on any atom is -0.317 e. The molecule has 0 radical (unpaired) electrons. The van der Waals surface area contributed by atoms with Crippen molar-refractivity contribution >= 4 is 0 Å². The first-order chi connectivity index (χ1) is 2.41. The molecule has 2 heteroatoms. The number of rotatable bonds is 2. The fraction of sp³-hybridized carbons (Fsp3) is 1.00. The van der Waals surface area contributed by atoms with Gasteiger partial charge in [0, 0.05) is 0 Å². The Bertz CT molecular complexity index is 15.0. The zero-order valence-electron chi connectivity index (χ0n) is 4.41. The van der Waals surface area contributed by atoms with Crippen LogP contribution >= 0.6 is 0 Å². The fourth-order valence-corrected chi connectivity index (χ4v) is 0.250. The van der Waals surface area contributed by atoms with E-state index in [9.17, 15) is 0 Å². The summed E-state index contributed by atoms with van der Waals surface area (Å²) in [6.45, 7) is 6.39. The third-order valence-corrected chi connectivity index (χ3v) is 0.500. The maximum Gasteiger partial charge on any atom is 4.00 e. The van der Waals surface area contributed by atoms with Crippen molar-refractivity contribution in [2.75, 3.05) is 13.1 Å². The first-order valence-corrected chi connectivity index (χ1v) is 2.12. The monoisotopic (exact) mass is 121 g/mol. The molecule has 32 valence electrons. The van der Waals surface area contributed by atoms with Gasteiger partial charge in [0.15, 0.2) is 0 Å². The minimum atomic E-state index is 0. The Balaban J connectivity index is 0. The van der Waals surface area contributed by atoms with E-state index >= 15 is 0 Å². The summed E-state index contributed by atoms with van der Waals surface area (Å²) < 4.78 is 0. The van der Waals surface area contributed by atoms with Crippen LogP contribution in [0.2, 0.25) is 0 Å². The maximum atomic E-state index is 3.11. The van der Waals surface area contributed by atoms with Gasteiger partial charge in [-0.3, -0.25) is 0 Å². The molecule has 1 nitrogen and oxygen atoms in total. The SMILES string of the molecule is CCNCC.[Ti+4]. The molecule has 0 aromatic rings.